The Morgan fingerprint density at radius 1 is 0.667 bits per heavy atom. The Morgan fingerprint density at radius 3 is 1.67 bits per heavy atom. The van der Waals surface area contributed by atoms with Crippen LogP contribution in [0.2, 0.25) is 0 Å². The summed E-state index contributed by atoms with van der Waals surface area (Å²) in [5, 5.41) is 7.95. The molecule has 0 bridgehead atoms. The first-order valence-electron chi connectivity index (χ1n) is 8.63. The molecule has 0 radical (unpaired) electrons. The van der Waals surface area contributed by atoms with Crippen LogP contribution in [0.3, 0.4) is 0 Å². The number of hydrogen-bond acceptors (Lipinski definition) is 0. The van der Waals surface area contributed by atoms with E-state index in [0.29, 0.717) is 0 Å². The van der Waals surface area contributed by atoms with Gasteiger partial charge in [-0.1, -0.05) is 42.5 Å². The molecule has 24 heavy (non-hydrogen) atoms. The number of benzene rings is 4. The summed E-state index contributed by atoms with van der Waals surface area (Å²) in [4.78, 5) is 0. The van der Waals surface area contributed by atoms with Crippen LogP contribution in [0.15, 0.2) is 54.6 Å². The highest BCUT2D eigenvalue weighted by Gasteiger charge is 2.65. The van der Waals surface area contributed by atoms with Crippen molar-refractivity contribution < 1.29 is 4.42 Å². The molecule has 4 aromatic rings. The maximum Gasteiger partial charge on any atom is 0.343 e. The third kappa shape index (κ3) is 1.57. The second-order valence-electron chi connectivity index (χ2n) is 8.07. The van der Waals surface area contributed by atoms with Gasteiger partial charge in [0, 0.05) is 13.8 Å². The molecule has 0 spiro atoms. The van der Waals surface area contributed by atoms with Gasteiger partial charge in [-0.2, -0.15) is 0 Å². The largest absolute Gasteiger partial charge is 0.343 e. The van der Waals surface area contributed by atoms with E-state index in [1.807, 2.05) is 0 Å². The van der Waals surface area contributed by atoms with Crippen LogP contribution in [0.4, 0.5) is 0 Å². The van der Waals surface area contributed by atoms with Gasteiger partial charge in [0.1, 0.15) is 0 Å². The van der Waals surface area contributed by atoms with Crippen LogP contribution >= 0.6 is 0 Å². The lowest BCUT2D eigenvalue weighted by molar-refractivity contribution is -0.451. The minimum absolute atomic E-state index is 0.0494. The number of hydrogen-bond donors (Lipinski definition) is 0. The Hall–Kier alpha value is -2.41. The van der Waals surface area contributed by atoms with Crippen molar-refractivity contribution in [3.63, 3.8) is 0 Å². The van der Waals surface area contributed by atoms with Crippen LogP contribution in [-0.4, -0.2) is 11.4 Å². The lowest BCUT2D eigenvalue weighted by Gasteiger charge is -2.34. The minimum Gasteiger partial charge on any atom is -0.250 e. The van der Waals surface area contributed by atoms with E-state index in [1.54, 1.807) is 0 Å². The smallest absolute Gasteiger partial charge is 0.250 e. The SMILES string of the molecule is CC1(C)[O+]=C(c2cc3ccc4cccc5ccc(c2)c3c45)C1(C)C. The first-order chi connectivity index (χ1) is 11.4. The lowest BCUT2D eigenvalue weighted by Crippen LogP contribution is -2.54. The van der Waals surface area contributed by atoms with Gasteiger partial charge in [-0.25, -0.2) is 0 Å². The third-order valence-corrected chi connectivity index (χ3v) is 6.16. The van der Waals surface area contributed by atoms with Crippen molar-refractivity contribution in [2.45, 2.75) is 33.3 Å². The van der Waals surface area contributed by atoms with E-state index in [9.17, 15) is 0 Å². The predicted molar refractivity (Wildman–Crippen MR) is 102 cm³/mol. The lowest BCUT2D eigenvalue weighted by atomic mass is 9.68. The zero-order valence-electron chi connectivity index (χ0n) is 14.6. The van der Waals surface area contributed by atoms with Gasteiger partial charge in [0.15, 0.2) is 5.41 Å². The van der Waals surface area contributed by atoms with Gasteiger partial charge in [-0.05, 0) is 58.3 Å². The predicted octanol–water partition coefficient (Wildman–Crippen LogP) is 6.12. The highest BCUT2D eigenvalue weighted by Crippen LogP contribution is 2.46. The first-order valence-corrected chi connectivity index (χ1v) is 8.63. The van der Waals surface area contributed by atoms with Crippen molar-refractivity contribution in [3.8, 4) is 0 Å². The molecule has 0 atom stereocenters. The van der Waals surface area contributed by atoms with Gasteiger partial charge in [-0.3, -0.25) is 4.42 Å². The summed E-state index contributed by atoms with van der Waals surface area (Å²) in [7, 11) is 0. The van der Waals surface area contributed by atoms with Crippen molar-refractivity contribution in [1.29, 1.82) is 0 Å². The zero-order chi connectivity index (χ0) is 16.7. The van der Waals surface area contributed by atoms with Crippen LogP contribution in [0.25, 0.3) is 32.3 Å². The van der Waals surface area contributed by atoms with E-state index in [0.717, 1.165) is 5.78 Å². The molecule has 1 heteroatoms. The van der Waals surface area contributed by atoms with Crippen molar-refractivity contribution in [2.24, 2.45) is 5.41 Å². The number of ketones is 1. The molecule has 0 aliphatic carbocycles. The fourth-order valence-electron chi connectivity index (χ4n) is 4.04. The van der Waals surface area contributed by atoms with Crippen LogP contribution in [0, 0.1) is 5.41 Å². The molecule has 1 aliphatic rings. The molecular weight excluding hydrogens is 292 g/mol. The molecule has 4 aromatic carbocycles. The molecule has 0 amide bonds. The van der Waals surface area contributed by atoms with E-state index < -0.39 is 0 Å². The quantitative estimate of drug-likeness (QED) is 0.296. The maximum atomic E-state index is 6.17. The van der Waals surface area contributed by atoms with E-state index in [2.05, 4.69) is 82.3 Å². The highest BCUT2D eigenvalue weighted by molar-refractivity contribution is 6.24. The van der Waals surface area contributed by atoms with Crippen molar-refractivity contribution in [3.05, 3.63) is 60.2 Å². The van der Waals surface area contributed by atoms with Crippen LogP contribution < -0.4 is 0 Å². The molecule has 118 valence electrons. The Kier molecular flexibility index (Phi) is 2.42. The molecule has 5 rings (SSSR count). The molecule has 1 heterocycles. The molecular formula is C23H21O+. The van der Waals surface area contributed by atoms with Gasteiger partial charge in [-0.15, -0.1) is 0 Å². The average Bonchev–Trinajstić information content (AvgIpc) is 2.57. The normalized spacial score (nSPS) is 18.9. The van der Waals surface area contributed by atoms with Gasteiger partial charge in [0.05, 0.1) is 5.56 Å². The molecule has 1 aliphatic heterocycles. The van der Waals surface area contributed by atoms with E-state index >= 15 is 0 Å². The molecule has 0 saturated carbocycles. The fourth-order valence-corrected chi connectivity index (χ4v) is 4.04. The van der Waals surface area contributed by atoms with Gasteiger partial charge in [0.2, 0.25) is 0 Å². The van der Waals surface area contributed by atoms with Crippen molar-refractivity contribution in [1.82, 2.24) is 0 Å². The number of rotatable bonds is 1. The standard InChI is InChI=1S/C23H21O/c1-22(2)21(24-23(22,3)4)18-12-16-10-8-14-6-5-7-15-9-11-17(13-18)20(16)19(14)15/h5-13H,1-4H3/q+1. The van der Waals surface area contributed by atoms with Crippen molar-refractivity contribution >= 4 is 38.1 Å². The highest BCUT2D eigenvalue weighted by atomic mass is 16.4. The second-order valence-corrected chi connectivity index (χ2v) is 8.07. The molecule has 0 aromatic heterocycles. The Labute approximate surface area is 141 Å². The Morgan fingerprint density at radius 2 is 1.17 bits per heavy atom. The monoisotopic (exact) mass is 313 g/mol. The first kappa shape index (κ1) is 14.0. The average molecular weight is 313 g/mol. The molecule has 0 N–H and O–H groups in total. The van der Waals surface area contributed by atoms with Crippen LogP contribution in [0.5, 0.6) is 0 Å². The Bertz CT molecular complexity index is 1080. The summed E-state index contributed by atoms with van der Waals surface area (Å²) < 4.78 is 6.17. The molecule has 0 saturated heterocycles. The van der Waals surface area contributed by atoms with Crippen molar-refractivity contribution in [2.75, 3.05) is 0 Å². The van der Waals surface area contributed by atoms with E-state index in [1.165, 1.54) is 37.9 Å². The summed E-state index contributed by atoms with van der Waals surface area (Å²) >= 11 is 0. The zero-order valence-corrected chi connectivity index (χ0v) is 14.6. The van der Waals surface area contributed by atoms with Gasteiger partial charge < -0.3 is 0 Å². The summed E-state index contributed by atoms with van der Waals surface area (Å²) in [6.07, 6.45) is 0. The molecule has 0 unspecified atom stereocenters. The van der Waals surface area contributed by atoms with E-state index in [4.69, 9.17) is 4.42 Å². The van der Waals surface area contributed by atoms with Gasteiger partial charge in [0.25, 0.3) is 5.60 Å². The summed E-state index contributed by atoms with van der Waals surface area (Å²) in [5.74, 6) is 1.11. The van der Waals surface area contributed by atoms with Crippen LogP contribution in [0.1, 0.15) is 37.7 Å². The summed E-state index contributed by atoms with van der Waals surface area (Å²) in [6.45, 7) is 8.88. The molecule has 1 nitrogen and oxygen atoms in total. The van der Waals surface area contributed by atoms with Crippen LogP contribution in [-0.2, 0) is 0 Å². The third-order valence-electron chi connectivity index (χ3n) is 6.16. The topological polar surface area (TPSA) is 11.3 Å². The fraction of sp³-hybridized carbons (Fsp3) is 0.261. The Balaban J connectivity index is 1.86. The minimum atomic E-state index is -0.110. The maximum absolute atomic E-state index is 6.17. The van der Waals surface area contributed by atoms with E-state index in [-0.39, 0.29) is 11.0 Å². The number of carbonyl (C=O) groups excluding carboxylic acids is 1. The van der Waals surface area contributed by atoms with Gasteiger partial charge >= 0.3 is 5.78 Å². The molecule has 0 fully saturated rings. The summed E-state index contributed by atoms with van der Waals surface area (Å²) in [6, 6.07) is 20.1. The second kappa shape index (κ2) is 4.16. The summed E-state index contributed by atoms with van der Waals surface area (Å²) in [5.41, 5.74) is 1.15.